The van der Waals surface area contributed by atoms with Gasteiger partial charge < -0.3 is 4.90 Å². The van der Waals surface area contributed by atoms with Gasteiger partial charge in [-0.2, -0.15) is 0 Å². The molecule has 27 heavy (non-hydrogen) atoms. The van der Waals surface area contributed by atoms with Gasteiger partial charge in [0.05, 0.1) is 0 Å². The zero-order valence-corrected chi connectivity index (χ0v) is 15.5. The smallest absolute Gasteiger partial charge is 0.224 e. The molecular weight excluding hydrogens is 340 g/mol. The maximum atomic E-state index is 12.8. The van der Waals surface area contributed by atoms with Crippen LogP contribution in [0.25, 0.3) is 11.0 Å². The van der Waals surface area contributed by atoms with Crippen LogP contribution in [0.3, 0.4) is 0 Å². The van der Waals surface area contributed by atoms with Crippen molar-refractivity contribution in [3.8, 4) is 0 Å². The van der Waals surface area contributed by atoms with Crippen LogP contribution in [0.5, 0.6) is 0 Å². The summed E-state index contributed by atoms with van der Waals surface area (Å²) in [6.45, 7) is 5.18. The third kappa shape index (κ3) is 3.85. The molecule has 6 nitrogen and oxygen atoms in total. The highest BCUT2D eigenvalue weighted by atomic mass is 16.6. The minimum atomic E-state index is 0.204. The number of hydrogen-bond acceptors (Lipinski definition) is 5. The Kier molecular flexibility index (Phi) is 5.16. The van der Waals surface area contributed by atoms with E-state index in [1.54, 1.807) is 0 Å². The molecule has 2 heterocycles. The van der Waals surface area contributed by atoms with E-state index >= 15 is 0 Å². The molecule has 0 bridgehead atoms. The molecule has 1 fully saturated rings. The summed E-state index contributed by atoms with van der Waals surface area (Å²) in [6, 6.07) is 16.4. The summed E-state index contributed by atoms with van der Waals surface area (Å²) in [6.07, 6.45) is 1.47. The first kappa shape index (κ1) is 17.7. The van der Waals surface area contributed by atoms with Gasteiger partial charge in [-0.3, -0.25) is 9.69 Å². The van der Waals surface area contributed by atoms with E-state index < -0.39 is 0 Å². The Balaban J connectivity index is 1.52. The van der Waals surface area contributed by atoms with Crippen molar-refractivity contribution in [2.24, 2.45) is 0 Å². The molecule has 0 N–H and O–H groups in total. The highest BCUT2D eigenvalue weighted by Gasteiger charge is 2.29. The zero-order chi connectivity index (χ0) is 18.6. The summed E-state index contributed by atoms with van der Waals surface area (Å²) in [5.74, 6) is 0.231. The molecule has 3 aromatic rings. The first-order chi connectivity index (χ1) is 13.2. The number of aromatic nitrogens is 2. The fraction of sp³-hybridized carbons (Fsp3) is 0.381. The second-order valence-electron chi connectivity index (χ2n) is 7.10. The lowest BCUT2D eigenvalue weighted by Crippen LogP contribution is -2.42. The SMILES string of the molecule is CC[C@@H]1CN(Cc2cccc3nonc23)CCC(=O)N1Cc1ccccc1. The molecular formula is C21H24N4O2. The van der Waals surface area contributed by atoms with Crippen LogP contribution in [-0.4, -0.2) is 45.2 Å². The number of nitrogens with zero attached hydrogens (tertiary/aromatic N) is 4. The number of carbonyl (C=O) groups excluding carboxylic acids is 1. The van der Waals surface area contributed by atoms with E-state index in [9.17, 15) is 4.79 Å². The zero-order valence-electron chi connectivity index (χ0n) is 15.5. The van der Waals surface area contributed by atoms with Crippen molar-refractivity contribution in [2.75, 3.05) is 13.1 Å². The van der Waals surface area contributed by atoms with Crippen molar-refractivity contribution in [3.05, 3.63) is 59.7 Å². The Bertz CT molecular complexity index is 909. The van der Waals surface area contributed by atoms with Crippen LogP contribution < -0.4 is 0 Å². The first-order valence-corrected chi connectivity index (χ1v) is 9.50. The molecule has 1 saturated heterocycles. The number of hydrogen-bond donors (Lipinski definition) is 0. The molecule has 0 saturated carbocycles. The fourth-order valence-corrected chi connectivity index (χ4v) is 3.81. The normalized spacial score (nSPS) is 18.8. The highest BCUT2D eigenvalue weighted by Crippen LogP contribution is 2.21. The van der Waals surface area contributed by atoms with E-state index in [-0.39, 0.29) is 11.9 Å². The van der Waals surface area contributed by atoms with Crippen molar-refractivity contribution in [1.82, 2.24) is 20.1 Å². The maximum Gasteiger partial charge on any atom is 0.224 e. The summed E-state index contributed by atoms with van der Waals surface area (Å²) in [7, 11) is 0. The highest BCUT2D eigenvalue weighted by molar-refractivity contribution is 5.78. The predicted molar refractivity (Wildman–Crippen MR) is 103 cm³/mol. The summed E-state index contributed by atoms with van der Waals surface area (Å²) in [4.78, 5) is 17.2. The fourth-order valence-electron chi connectivity index (χ4n) is 3.81. The van der Waals surface area contributed by atoms with Crippen molar-refractivity contribution in [1.29, 1.82) is 0 Å². The van der Waals surface area contributed by atoms with Gasteiger partial charge in [-0.15, -0.1) is 0 Å². The van der Waals surface area contributed by atoms with Crippen molar-refractivity contribution in [3.63, 3.8) is 0 Å². The van der Waals surface area contributed by atoms with E-state index in [0.29, 0.717) is 13.0 Å². The van der Waals surface area contributed by atoms with Gasteiger partial charge in [0.1, 0.15) is 11.0 Å². The Labute approximate surface area is 158 Å². The van der Waals surface area contributed by atoms with Crippen LogP contribution in [0.4, 0.5) is 0 Å². The van der Waals surface area contributed by atoms with Crippen molar-refractivity contribution in [2.45, 2.75) is 38.9 Å². The molecule has 0 aliphatic carbocycles. The Morgan fingerprint density at radius 2 is 1.93 bits per heavy atom. The largest absolute Gasteiger partial charge is 0.334 e. The minimum Gasteiger partial charge on any atom is -0.334 e. The van der Waals surface area contributed by atoms with Gasteiger partial charge in [-0.25, -0.2) is 4.63 Å². The van der Waals surface area contributed by atoms with Gasteiger partial charge >= 0.3 is 0 Å². The summed E-state index contributed by atoms with van der Waals surface area (Å²) in [5.41, 5.74) is 3.85. The molecule has 0 unspecified atom stereocenters. The van der Waals surface area contributed by atoms with Crippen LogP contribution in [0, 0.1) is 0 Å². The maximum absolute atomic E-state index is 12.8. The third-order valence-corrected chi connectivity index (χ3v) is 5.30. The molecule has 4 rings (SSSR count). The number of rotatable bonds is 5. The lowest BCUT2D eigenvalue weighted by Gasteiger charge is -2.31. The summed E-state index contributed by atoms with van der Waals surface area (Å²) in [5, 5.41) is 7.97. The second-order valence-corrected chi connectivity index (χ2v) is 7.10. The average Bonchev–Trinajstić information content (AvgIpc) is 3.13. The van der Waals surface area contributed by atoms with Crippen molar-refractivity contribution >= 4 is 16.9 Å². The van der Waals surface area contributed by atoms with Gasteiger partial charge in [0.25, 0.3) is 0 Å². The molecule has 2 aromatic carbocycles. The monoisotopic (exact) mass is 364 g/mol. The topological polar surface area (TPSA) is 62.5 Å². The summed E-state index contributed by atoms with van der Waals surface area (Å²) < 4.78 is 4.88. The second kappa shape index (κ2) is 7.88. The Morgan fingerprint density at radius 3 is 2.74 bits per heavy atom. The molecule has 1 atom stereocenters. The Hall–Kier alpha value is -2.73. The predicted octanol–water partition coefficient (Wildman–Crippen LogP) is 3.24. The third-order valence-electron chi connectivity index (χ3n) is 5.30. The molecule has 0 radical (unpaired) electrons. The van der Waals surface area contributed by atoms with Crippen LogP contribution in [0.2, 0.25) is 0 Å². The molecule has 1 aromatic heterocycles. The lowest BCUT2D eigenvalue weighted by molar-refractivity contribution is -0.133. The van der Waals surface area contributed by atoms with Crippen LogP contribution in [0.1, 0.15) is 30.9 Å². The van der Waals surface area contributed by atoms with Crippen LogP contribution >= 0.6 is 0 Å². The standard InChI is InChI=1S/C21H24N4O2/c1-2-18-15-24(14-17-9-6-10-19-21(17)23-27-22-19)12-11-20(26)25(18)13-16-7-4-3-5-8-16/h3-10,18H,2,11-15H2,1H3/t18-/m1/s1. The van der Waals surface area contributed by atoms with E-state index in [4.69, 9.17) is 4.63 Å². The van der Waals surface area contributed by atoms with E-state index in [1.165, 1.54) is 5.56 Å². The van der Waals surface area contributed by atoms with Gasteiger partial charge in [-0.05, 0) is 33.9 Å². The first-order valence-electron chi connectivity index (χ1n) is 9.50. The average molecular weight is 364 g/mol. The molecule has 6 heteroatoms. The Morgan fingerprint density at radius 1 is 1.07 bits per heavy atom. The van der Waals surface area contributed by atoms with Crippen LogP contribution in [0.15, 0.2) is 53.2 Å². The van der Waals surface area contributed by atoms with Gasteiger partial charge in [-0.1, -0.05) is 49.4 Å². The van der Waals surface area contributed by atoms with E-state index in [0.717, 1.165) is 42.7 Å². The molecule has 0 spiro atoms. The van der Waals surface area contributed by atoms with Gasteiger partial charge in [0, 0.05) is 38.6 Å². The van der Waals surface area contributed by atoms with E-state index in [1.807, 2.05) is 35.2 Å². The molecule has 1 aliphatic rings. The minimum absolute atomic E-state index is 0.204. The number of amides is 1. The summed E-state index contributed by atoms with van der Waals surface area (Å²) >= 11 is 0. The van der Waals surface area contributed by atoms with Gasteiger partial charge in [0.2, 0.25) is 5.91 Å². The number of carbonyl (C=O) groups is 1. The van der Waals surface area contributed by atoms with Gasteiger partial charge in [0.15, 0.2) is 0 Å². The quantitative estimate of drug-likeness (QED) is 0.695. The molecule has 1 aliphatic heterocycles. The molecule has 140 valence electrons. The number of benzene rings is 2. The number of fused-ring (bicyclic) bond motifs is 1. The van der Waals surface area contributed by atoms with Crippen LogP contribution in [-0.2, 0) is 17.9 Å². The lowest BCUT2D eigenvalue weighted by atomic mass is 10.1. The molecule has 1 amide bonds. The van der Waals surface area contributed by atoms with Crippen molar-refractivity contribution < 1.29 is 9.42 Å². The van der Waals surface area contributed by atoms with E-state index in [2.05, 4.69) is 40.3 Å².